The fourth-order valence-electron chi connectivity index (χ4n) is 6.08. The Bertz CT molecular complexity index is 1090. The maximum atomic E-state index is 11.8. The van der Waals surface area contributed by atoms with Gasteiger partial charge >= 0.3 is 0 Å². The Balaban J connectivity index is 0.000000220. The van der Waals surface area contributed by atoms with Crippen LogP contribution in [-0.4, -0.2) is 24.5 Å². The Morgan fingerprint density at radius 1 is 0.892 bits per heavy atom. The van der Waals surface area contributed by atoms with Gasteiger partial charge in [0.25, 0.3) is 0 Å². The molecule has 0 heterocycles. The number of carbonyl (C=O) groups excluding carboxylic acids is 1. The average molecular weight is 545 g/mol. The number of thiol groups is 1. The van der Waals surface area contributed by atoms with Crippen molar-refractivity contribution >= 4 is 27.7 Å². The van der Waals surface area contributed by atoms with Crippen molar-refractivity contribution in [1.82, 2.24) is 0 Å². The van der Waals surface area contributed by atoms with Gasteiger partial charge in [-0.25, -0.2) is 8.42 Å². The number of ketones is 1. The number of hydrogen-bond donors (Lipinski definition) is 0. The van der Waals surface area contributed by atoms with Gasteiger partial charge in [-0.3, -0.25) is 4.79 Å². The number of fused-ring (bicyclic) bond motifs is 2. The van der Waals surface area contributed by atoms with E-state index in [9.17, 15) is 17.8 Å². The van der Waals surface area contributed by atoms with E-state index in [2.05, 4.69) is 61.5 Å². The maximum Gasteiger partial charge on any atom is 0.158 e. The molecule has 0 radical (unpaired) electrons. The molecule has 0 aromatic heterocycles. The minimum atomic E-state index is -4.33. The molecule has 6 heteroatoms. The molecule has 2 atom stereocenters. The van der Waals surface area contributed by atoms with Gasteiger partial charge in [0.1, 0.15) is 5.78 Å². The van der Waals surface area contributed by atoms with E-state index in [1.54, 1.807) is 0 Å². The predicted molar refractivity (Wildman–Crippen MR) is 153 cm³/mol. The van der Waals surface area contributed by atoms with E-state index in [1.165, 1.54) is 78.5 Å². The van der Waals surface area contributed by atoms with Gasteiger partial charge < -0.3 is 4.55 Å². The van der Waals surface area contributed by atoms with Crippen LogP contribution in [0.25, 0.3) is 0 Å². The molecule has 2 unspecified atom stereocenters. The van der Waals surface area contributed by atoms with Crippen molar-refractivity contribution in [1.29, 1.82) is 0 Å². The molecule has 2 aromatic carbocycles. The normalized spacial score (nSPS) is 22.1. The van der Waals surface area contributed by atoms with Crippen LogP contribution in [-0.2, 0) is 33.1 Å². The summed E-state index contributed by atoms with van der Waals surface area (Å²) in [4.78, 5) is 14.6. The van der Waals surface area contributed by atoms with Crippen molar-refractivity contribution in [2.75, 3.05) is 5.75 Å². The molecule has 37 heavy (non-hydrogen) atoms. The number of rotatable bonds is 12. The Kier molecular flexibility index (Phi) is 10.9. The SMILES string of the molecule is CC1(C)C2CCC1(CS(=O)(=O)[O-])C(=O)C2.CCCCCCCCCc1ccc([SH+]c2ccccc2)cc1. The lowest BCUT2D eigenvalue weighted by molar-refractivity contribution is -0.128. The lowest BCUT2D eigenvalue weighted by atomic mass is 9.70. The lowest BCUT2D eigenvalue weighted by Crippen LogP contribution is -2.42. The molecule has 204 valence electrons. The van der Waals surface area contributed by atoms with Gasteiger partial charge in [0.2, 0.25) is 0 Å². The summed E-state index contributed by atoms with van der Waals surface area (Å²) in [6.45, 7) is 6.11. The number of hydrogen-bond acceptors (Lipinski definition) is 4. The van der Waals surface area contributed by atoms with Crippen LogP contribution in [0.2, 0.25) is 0 Å². The highest BCUT2D eigenvalue weighted by atomic mass is 32.2. The first-order chi connectivity index (χ1) is 17.6. The van der Waals surface area contributed by atoms with Crippen LogP contribution in [0.15, 0.2) is 64.4 Å². The first-order valence-corrected chi connectivity index (χ1v) is 16.4. The topological polar surface area (TPSA) is 74.3 Å². The zero-order valence-corrected chi connectivity index (χ0v) is 24.5. The van der Waals surface area contributed by atoms with Gasteiger partial charge in [-0.1, -0.05) is 89.6 Å². The quantitative estimate of drug-likeness (QED) is 0.123. The van der Waals surface area contributed by atoms with Crippen molar-refractivity contribution in [3.05, 3.63) is 60.2 Å². The van der Waals surface area contributed by atoms with Crippen LogP contribution in [0.1, 0.15) is 90.5 Å². The molecule has 0 spiro atoms. The van der Waals surface area contributed by atoms with Gasteiger partial charge in [0.15, 0.2) is 9.79 Å². The summed E-state index contributed by atoms with van der Waals surface area (Å²) in [6, 6.07) is 19.8. The fraction of sp³-hybridized carbons (Fsp3) is 0.581. The van der Waals surface area contributed by atoms with Crippen LogP contribution in [0.3, 0.4) is 0 Å². The fourth-order valence-corrected chi connectivity index (χ4v) is 8.28. The van der Waals surface area contributed by atoms with Crippen molar-refractivity contribution in [2.24, 2.45) is 16.7 Å². The van der Waals surface area contributed by atoms with Crippen LogP contribution in [0, 0.1) is 16.7 Å². The van der Waals surface area contributed by atoms with Crippen LogP contribution in [0.5, 0.6) is 0 Å². The molecule has 0 amide bonds. The van der Waals surface area contributed by atoms with Crippen molar-refractivity contribution in [3.8, 4) is 0 Å². The number of aryl methyl sites for hydroxylation is 1. The van der Waals surface area contributed by atoms with Gasteiger partial charge in [-0.05, 0) is 66.8 Å². The third-order valence-electron chi connectivity index (χ3n) is 8.58. The van der Waals surface area contributed by atoms with Crippen molar-refractivity contribution in [2.45, 2.75) is 101 Å². The zero-order chi connectivity index (χ0) is 26.9. The standard InChI is InChI=1S/C21H28S.C10H16O4S/c1-2-3-4-5-6-7-9-12-19-15-17-21(18-16-19)22-20-13-10-8-11-14-20;1-9(2)7-3-4-10(9,8(11)5-7)6-15(12,13)14/h8,10-11,13-18H,2-7,9,12H2,1H3;7H,3-6H2,1-2H3,(H,12,13,14). The van der Waals surface area contributed by atoms with Gasteiger partial charge in [-0.15, -0.1) is 0 Å². The molecular formula is C31H44O4S2. The second-order valence-electron chi connectivity index (χ2n) is 11.4. The number of Topliss-reactive ketones (excluding diaryl/α,β-unsaturated/α-hetero) is 1. The van der Waals surface area contributed by atoms with Gasteiger partial charge in [0, 0.05) is 23.6 Å². The van der Waals surface area contributed by atoms with E-state index in [1.807, 2.05) is 13.8 Å². The van der Waals surface area contributed by atoms with E-state index in [-0.39, 0.29) is 17.1 Å². The third kappa shape index (κ3) is 8.18. The monoisotopic (exact) mass is 544 g/mol. The van der Waals surface area contributed by atoms with E-state index in [0.717, 1.165) is 6.42 Å². The summed E-state index contributed by atoms with van der Waals surface area (Å²) in [5, 5.41) is 0. The number of carbonyl (C=O) groups is 1. The van der Waals surface area contributed by atoms with E-state index >= 15 is 0 Å². The summed E-state index contributed by atoms with van der Waals surface area (Å²) in [7, 11) is -4.33. The summed E-state index contributed by atoms with van der Waals surface area (Å²) in [5.41, 5.74) is 0.264. The highest BCUT2D eigenvalue weighted by Gasteiger charge is 2.64. The van der Waals surface area contributed by atoms with Crippen LogP contribution < -0.4 is 0 Å². The molecule has 2 aliphatic carbocycles. The van der Waals surface area contributed by atoms with Gasteiger partial charge in [0.05, 0.1) is 15.9 Å². The lowest BCUT2D eigenvalue weighted by Gasteiger charge is -2.37. The van der Waals surface area contributed by atoms with E-state index in [4.69, 9.17) is 0 Å². The Morgan fingerprint density at radius 3 is 2.03 bits per heavy atom. The minimum Gasteiger partial charge on any atom is -0.748 e. The molecule has 0 aliphatic heterocycles. The molecule has 0 N–H and O–H groups in total. The highest BCUT2D eigenvalue weighted by molar-refractivity contribution is 7.85. The van der Waals surface area contributed by atoms with Gasteiger partial charge in [-0.2, -0.15) is 0 Å². The average Bonchev–Trinajstić information content (AvgIpc) is 3.19. The van der Waals surface area contributed by atoms with Crippen LogP contribution in [0.4, 0.5) is 0 Å². The minimum absolute atomic E-state index is 0.0248. The first-order valence-electron chi connectivity index (χ1n) is 13.9. The Hall–Kier alpha value is -1.63. The molecule has 4 nitrogen and oxygen atoms in total. The molecule has 2 bridgehead atoms. The van der Waals surface area contributed by atoms with E-state index < -0.39 is 21.3 Å². The van der Waals surface area contributed by atoms with Crippen LogP contribution >= 0.6 is 0 Å². The molecule has 2 fully saturated rings. The van der Waals surface area contributed by atoms with E-state index in [0.29, 0.717) is 12.8 Å². The second kappa shape index (κ2) is 13.4. The maximum absolute atomic E-state index is 11.8. The summed E-state index contributed by atoms with van der Waals surface area (Å²) < 4.78 is 32.7. The first kappa shape index (κ1) is 29.9. The highest BCUT2D eigenvalue weighted by Crippen LogP contribution is 2.64. The predicted octanol–water partition coefficient (Wildman–Crippen LogP) is 7.14. The van der Waals surface area contributed by atoms with Crippen molar-refractivity contribution < 1.29 is 17.8 Å². The summed E-state index contributed by atoms with van der Waals surface area (Å²) in [6.07, 6.45) is 12.8. The smallest absolute Gasteiger partial charge is 0.158 e. The summed E-state index contributed by atoms with van der Waals surface area (Å²) >= 11 is 1.31. The molecular weight excluding hydrogens is 500 g/mol. The largest absolute Gasteiger partial charge is 0.748 e. The molecule has 2 aromatic rings. The molecule has 2 aliphatic rings. The number of benzene rings is 2. The van der Waals surface area contributed by atoms with Crippen molar-refractivity contribution in [3.63, 3.8) is 0 Å². The summed E-state index contributed by atoms with van der Waals surface area (Å²) in [5.74, 6) is -0.280. The molecule has 4 rings (SSSR count). The Labute approximate surface area is 228 Å². The molecule has 0 saturated heterocycles. The second-order valence-corrected chi connectivity index (χ2v) is 14.0. The third-order valence-corrected chi connectivity index (χ3v) is 10.5. The number of unbranched alkanes of at least 4 members (excludes halogenated alkanes) is 6. The Morgan fingerprint density at radius 2 is 1.49 bits per heavy atom. The zero-order valence-electron chi connectivity index (χ0n) is 22.7. The molecule has 2 saturated carbocycles.